The summed E-state index contributed by atoms with van der Waals surface area (Å²) in [5.74, 6) is 0.0266. The van der Waals surface area contributed by atoms with Gasteiger partial charge in [-0.3, -0.25) is 9.48 Å². The van der Waals surface area contributed by atoms with Crippen LogP contribution in [0, 0.1) is 0 Å². The summed E-state index contributed by atoms with van der Waals surface area (Å²) < 4.78 is 1.91. The molecule has 16 heavy (non-hydrogen) atoms. The summed E-state index contributed by atoms with van der Waals surface area (Å²) in [5.41, 5.74) is 1.10. The highest BCUT2D eigenvalue weighted by Crippen LogP contribution is 2.04. The monoisotopic (exact) mass is 224 g/mol. The first-order chi connectivity index (χ1) is 7.63. The van der Waals surface area contributed by atoms with Crippen LogP contribution < -0.4 is 10.6 Å². The van der Waals surface area contributed by atoms with Crippen LogP contribution in [0.4, 0.5) is 0 Å². The van der Waals surface area contributed by atoms with Gasteiger partial charge in [0.1, 0.15) is 0 Å². The molecule has 1 aromatic heterocycles. The van der Waals surface area contributed by atoms with Gasteiger partial charge in [-0.25, -0.2) is 0 Å². The molecule has 0 saturated carbocycles. The SMILES string of the molecule is CCNC(=O)CNCc1cnn(C(C)C)c1. The van der Waals surface area contributed by atoms with Gasteiger partial charge in [-0.1, -0.05) is 0 Å². The molecule has 1 aromatic rings. The lowest BCUT2D eigenvalue weighted by atomic mass is 10.3. The van der Waals surface area contributed by atoms with E-state index in [1.54, 1.807) is 0 Å². The highest BCUT2D eigenvalue weighted by molar-refractivity contribution is 5.77. The summed E-state index contributed by atoms with van der Waals surface area (Å²) in [5, 5.41) is 10.0. The lowest BCUT2D eigenvalue weighted by Crippen LogP contribution is -2.33. The molecule has 0 aliphatic heterocycles. The Morgan fingerprint density at radius 2 is 2.31 bits per heavy atom. The van der Waals surface area contributed by atoms with Crippen molar-refractivity contribution in [3.05, 3.63) is 18.0 Å². The normalized spacial score (nSPS) is 10.8. The van der Waals surface area contributed by atoms with Crippen LogP contribution in [0.5, 0.6) is 0 Å². The number of nitrogens with zero attached hydrogens (tertiary/aromatic N) is 2. The zero-order chi connectivity index (χ0) is 12.0. The van der Waals surface area contributed by atoms with Gasteiger partial charge in [-0.15, -0.1) is 0 Å². The van der Waals surface area contributed by atoms with Crippen molar-refractivity contribution in [2.24, 2.45) is 0 Å². The topological polar surface area (TPSA) is 59.0 Å². The van der Waals surface area contributed by atoms with Crippen molar-refractivity contribution in [1.82, 2.24) is 20.4 Å². The van der Waals surface area contributed by atoms with Crippen molar-refractivity contribution in [3.63, 3.8) is 0 Å². The van der Waals surface area contributed by atoms with E-state index in [1.165, 1.54) is 0 Å². The van der Waals surface area contributed by atoms with E-state index >= 15 is 0 Å². The van der Waals surface area contributed by atoms with Gasteiger partial charge in [-0.05, 0) is 20.8 Å². The molecule has 5 heteroatoms. The fourth-order valence-corrected chi connectivity index (χ4v) is 1.33. The second-order valence-electron chi connectivity index (χ2n) is 3.98. The first-order valence-corrected chi connectivity index (χ1v) is 5.64. The van der Waals surface area contributed by atoms with Gasteiger partial charge in [0.05, 0.1) is 12.7 Å². The number of hydrogen-bond acceptors (Lipinski definition) is 3. The minimum absolute atomic E-state index is 0.0266. The molecule has 0 aromatic carbocycles. The molecule has 0 saturated heterocycles. The third-order valence-electron chi connectivity index (χ3n) is 2.17. The summed E-state index contributed by atoms with van der Waals surface area (Å²) in [6.07, 6.45) is 3.82. The highest BCUT2D eigenvalue weighted by atomic mass is 16.1. The van der Waals surface area contributed by atoms with E-state index in [4.69, 9.17) is 0 Å². The Morgan fingerprint density at radius 1 is 1.56 bits per heavy atom. The van der Waals surface area contributed by atoms with Crippen molar-refractivity contribution < 1.29 is 4.79 Å². The number of carbonyl (C=O) groups is 1. The zero-order valence-electron chi connectivity index (χ0n) is 10.2. The first kappa shape index (κ1) is 12.7. The number of hydrogen-bond donors (Lipinski definition) is 2. The molecule has 0 aliphatic carbocycles. The number of amides is 1. The Hall–Kier alpha value is -1.36. The van der Waals surface area contributed by atoms with Crippen LogP contribution in [-0.4, -0.2) is 28.8 Å². The maximum atomic E-state index is 11.2. The summed E-state index contributed by atoms with van der Waals surface area (Å²) in [4.78, 5) is 11.2. The molecule has 5 nitrogen and oxygen atoms in total. The van der Waals surface area contributed by atoms with Gasteiger partial charge in [0.15, 0.2) is 0 Å². The Kier molecular flexibility index (Phi) is 4.98. The molecule has 2 N–H and O–H groups in total. The second-order valence-corrected chi connectivity index (χ2v) is 3.98. The van der Waals surface area contributed by atoms with Crippen LogP contribution in [0.15, 0.2) is 12.4 Å². The van der Waals surface area contributed by atoms with Gasteiger partial charge in [0.25, 0.3) is 0 Å². The molecule has 0 spiro atoms. The van der Waals surface area contributed by atoms with Gasteiger partial charge in [-0.2, -0.15) is 5.10 Å². The van der Waals surface area contributed by atoms with Gasteiger partial charge in [0.2, 0.25) is 5.91 Å². The molecule has 0 unspecified atom stereocenters. The maximum absolute atomic E-state index is 11.2. The Morgan fingerprint density at radius 3 is 2.88 bits per heavy atom. The number of likely N-dealkylation sites (N-methyl/N-ethyl adjacent to an activating group) is 1. The molecule has 0 radical (unpaired) electrons. The van der Waals surface area contributed by atoms with Crippen molar-refractivity contribution in [1.29, 1.82) is 0 Å². The number of rotatable bonds is 6. The average Bonchev–Trinajstić information content (AvgIpc) is 2.67. The quantitative estimate of drug-likeness (QED) is 0.747. The van der Waals surface area contributed by atoms with Crippen LogP contribution >= 0.6 is 0 Å². The molecule has 0 atom stereocenters. The van der Waals surface area contributed by atoms with Gasteiger partial charge >= 0.3 is 0 Å². The van der Waals surface area contributed by atoms with E-state index in [0.29, 0.717) is 25.7 Å². The van der Waals surface area contributed by atoms with Crippen LogP contribution in [0.2, 0.25) is 0 Å². The lowest BCUT2D eigenvalue weighted by molar-refractivity contribution is -0.120. The van der Waals surface area contributed by atoms with Crippen molar-refractivity contribution >= 4 is 5.91 Å². The minimum atomic E-state index is 0.0266. The largest absolute Gasteiger partial charge is 0.355 e. The predicted octanol–water partition coefficient (Wildman–Crippen LogP) is 0.690. The Bertz CT molecular complexity index is 332. The van der Waals surface area contributed by atoms with Crippen molar-refractivity contribution in [3.8, 4) is 0 Å². The fourth-order valence-electron chi connectivity index (χ4n) is 1.33. The third-order valence-corrected chi connectivity index (χ3v) is 2.17. The first-order valence-electron chi connectivity index (χ1n) is 5.64. The smallest absolute Gasteiger partial charge is 0.233 e. The summed E-state index contributed by atoms with van der Waals surface area (Å²) in [6, 6.07) is 0.372. The lowest BCUT2D eigenvalue weighted by Gasteiger charge is -2.04. The van der Waals surface area contributed by atoms with E-state index in [1.807, 2.05) is 24.0 Å². The van der Waals surface area contributed by atoms with E-state index in [-0.39, 0.29) is 5.91 Å². The Labute approximate surface area is 96.2 Å². The molecular formula is C11H20N4O. The van der Waals surface area contributed by atoms with E-state index in [2.05, 4.69) is 29.6 Å². The van der Waals surface area contributed by atoms with Crippen LogP contribution in [0.1, 0.15) is 32.4 Å². The highest BCUT2D eigenvalue weighted by Gasteiger charge is 2.02. The molecule has 0 aliphatic rings. The molecule has 1 rings (SSSR count). The van der Waals surface area contributed by atoms with Crippen LogP contribution in [0.25, 0.3) is 0 Å². The molecule has 0 fully saturated rings. The van der Waals surface area contributed by atoms with Gasteiger partial charge in [0, 0.05) is 30.9 Å². The van der Waals surface area contributed by atoms with E-state index in [0.717, 1.165) is 5.56 Å². The molecule has 0 bridgehead atoms. The molecule has 90 valence electrons. The van der Waals surface area contributed by atoms with E-state index < -0.39 is 0 Å². The summed E-state index contributed by atoms with van der Waals surface area (Å²) >= 11 is 0. The minimum Gasteiger partial charge on any atom is -0.355 e. The third kappa shape index (κ3) is 4.02. The van der Waals surface area contributed by atoms with Crippen LogP contribution in [-0.2, 0) is 11.3 Å². The summed E-state index contributed by atoms with van der Waals surface area (Å²) in [6.45, 7) is 7.76. The maximum Gasteiger partial charge on any atom is 0.233 e. The number of aromatic nitrogens is 2. The fraction of sp³-hybridized carbons (Fsp3) is 0.636. The zero-order valence-corrected chi connectivity index (χ0v) is 10.2. The van der Waals surface area contributed by atoms with E-state index in [9.17, 15) is 4.79 Å². The summed E-state index contributed by atoms with van der Waals surface area (Å²) in [7, 11) is 0. The van der Waals surface area contributed by atoms with Crippen molar-refractivity contribution in [2.75, 3.05) is 13.1 Å². The standard InChI is InChI=1S/C11H20N4O/c1-4-13-11(16)7-12-5-10-6-14-15(8-10)9(2)3/h6,8-9,12H,4-5,7H2,1-3H3,(H,13,16). The predicted molar refractivity (Wildman–Crippen MR) is 63.0 cm³/mol. The second kappa shape index (κ2) is 6.27. The molecular weight excluding hydrogens is 204 g/mol. The number of carbonyl (C=O) groups excluding carboxylic acids is 1. The Balaban J connectivity index is 2.29. The number of nitrogens with one attached hydrogen (secondary N) is 2. The average molecular weight is 224 g/mol. The van der Waals surface area contributed by atoms with Gasteiger partial charge < -0.3 is 10.6 Å². The molecule has 1 amide bonds. The molecule has 1 heterocycles. The van der Waals surface area contributed by atoms with Crippen molar-refractivity contribution in [2.45, 2.75) is 33.4 Å². The van der Waals surface area contributed by atoms with Crippen LogP contribution in [0.3, 0.4) is 0 Å².